The first kappa shape index (κ1) is 16.0. The smallest absolute Gasteiger partial charge is 0.259 e. The van der Waals surface area contributed by atoms with Gasteiger partial charge in [-0.15, -0.1) is 0 Å². The molecule has 2 aromatic carbocycles. The molecule has 0 saturated heterocycles. The summed E-state index contributed by atoms with van der Waals surface area (Å²) in [4.78, 5) is 12.7. The minimum atomic E-state index is -0.124. The first-order valence-electron chi connectivity index (χ1n) is 8.11. The van der Waals surface area contributed by atoms with Gasteiger partial charge < -0.3 is 5.32 Å². The Balaban J connectivity index is 1.92. The maximum absolute atomic E-state index is 12.7. The van der Waals surface area contributed by atoms with Crippen LogP contribution in [0.25, 0.3) is 5.69 Å². The van der Waals surface area contributed by atoms with Crippen molar-refractivity contribution in [3.05, 3.63) is 77.1 Å². The number of amides is 1. The average Bonchev–Trinajstić information content (AvgIpc) is 3.02. The van der Waals surface area contributed by atoms with E-state index in [0.29, 0.717) is 5.56 Å². The van der Waals surface area contributed by atoms with Gasteiger partial charge >= 0.3 is 0 Å². The summed E-state index contributed by atoms with van der Waals surface area (Å²) in [5.41, 5.74) is 5.54. The van der Waals surface area contributed by atoms with Crippen LogP contribution >= 0.6 is 0 Å². The van der Waals surface area contributed by atoms with Crippen LogP contribution in [-0.4, -0.2) is 15.7 Å². The van der Waals surface area contributed by atoms with Gasteiger partial charge in [-0.3, -0.25) is 4.79 Å². The van der Waals surface area contributed by atoms with E-state index >= 15 is 0 Å². The van der Waals surface area contributed by atoms with Crippen molar-refractivity contribution in [3.63, 3.8) is 0 Å². The van der Waals surface area contributed by atoms with Gasteiger partial charge in [0, 0.05) is 5.69 Å². The number of para-hydroxylation sites is 1. The summed E-state index contributed by atoms with van der Waals surface area (Å²) in [5.74, 6) is -0.124. The van der Waals surface area contributed by atoms with E-state index in [1.54, 1.807) is 6.20 Å². The Morgan fingerprint density at radius 3 is 2.54 bits per heavy atom. The number of anilines is 1. The second-order valence-corrected chi connectivity index (χ2v) is 5.88. The molecule has 0 aliphatic carbocycles. The van der Waals surface area contributed by atoms with E-state index < -0.39 is 0 Å². The minimum absolute atomic E-state index is 0.124. The predicted octanol–water partition coefficient (Wildman–Crippen LogP) is 4.30. The van der Waals surface area contributed by atoms with E-state index in [2.05, 4.69) is 16.5 Å². The van der Waals surface area contributed by atoms with Crippen LogP contribution in [0.4, 0.5) is 5.69 Å². The molecule has 3 aromatic rings. The van der Waals surface area contributed by atoms with Gasteiger partial charge in [0.2, 0.25) is 0 Å². The zero-order valence-corrected chi connectivity index (χ0v) is 14.2. The molecule has 24 heavy (non-hydrogen) atoms. The number of carbonyl (C=O) groups excluding carboxylic acids is 1. The molecule has 1 aromatic heterocycles. The highest BCUT2D eigenvalue weighted by molar-refractivity contribution is 6.05. The van der Waals surface area contributed by atoms with E-state index in [1.807, 2.05) is 67.9 Å². The monoisotopic (exact) mass is 319 g/mol. The van der Waals surface area contributed by atoms with Crippen LogP contribution in [0.15, 0.2) is 54.7 Å². The van der Waals surface area contributed by atoms with Crippen LogP contribution in [0.3, 0.4) is 0 Å². The van der Waals surface area contributed by atoms with Gasteiger partial charge in [0.1, 0.15) is 0 Å². The molecule has 0 atom stereocenters. The van der Waals surface area contributed by atoms with Crippen LogP contribution < -0.4 is 5.32 Å². The van der Waals surface area contributed by atoms with Gasteiger partial charge in [0.15, 0.2) is 0 Å². The van der Waals surface area contributed by atoms with Crippen molar-refractivity contribution in [3.8, 4) is 5.69 Å². The molecule has 0 unspecified atom stereocenters. The number of aromatic nitrogens is 2. The Morgan fingerprint density at radius 2 is 1.88 bits per heavy atom. The van der Waals surface area contributed by atoms with Crippen molar-refractivity contribution in [2.75, 3.05) is 5.32 Å². The topological polar surface area (TPSA) is 46.9 Å². The fraction of sp³-hybridized carbons (Fsp3) is 0.200. The van der Waals surface area contributed by atoms with Crippen LogP contribution in [0.2, 0.25) is 0 Å². The molecule has 4 heteroatoms. The zero-order valence-electron chi connectivity index (χ0n) is 14.2. The average molecular weight is 319 g/mol. The summed E-state index contributed by atoms with van der Waals surface area (Å²) in [5, 5.41) is 7.41. The lowest BCUT2D eigenvalue weighted by Crippen LogP contribution is -2.15. The second kappa shape index (κ2) is 6.71. The van der Waals surface area contributed by atoms with Crippen LogP contribution in [0.5, 0.6) is 0 Å². The Kier molecular flexibility index (Phi) is 4.47. The summed E-state index contributed by atoms with van der Waals surface area (Å²) >= 11 is 0. The molecule has 1 heterocycles. The van der Waals surface area contributed by atoms with E-state index in [4.69, 9.17) is 0 Å². The SMILES string of the molecule is CCc1c(C(=O)Nc2ccc(C)cc2C)cnn1-c1ccccc1. The predicted molar refractivity (Wildman–Crippen MR) is 96.8 cm³/mol. The Labute approximate surface area is 142 Å². The van der Waals surface area contributed by atoms with Gasteiger partial charge in [-0.1, -0.05) is 42.8 Å². The van der Waals surface area contributed by atoms with Crippen LogP contribution in [0, 0.1) is 13.8 Å². The van der Waals surface area contributed by atoms with Crippen molar-refractivity contribution in [2.45, 2.75) is 27.2 Å². The molecular formula is C20H21N3O. The quantitative estimate of drug-likeness (QED) is 0.779. The molecule has 0 aliphatic rings. The second-order valence-electron chi connectivity index (χ2n) is 5.88. The van der Waals surface area contributed by atoms with E-state index in [0.717, 1.165) is 29.1 Å². The molecule has 4 nitrogen and oxygen atoms in total. The molecule has 0 aliphatic heterocycles. The molecule has 0 spiro atoms. The molecule has 122 valence electrons. The van der Waals surface area contributed by atoms with E-state index in [1.165, 1.54) is 5.56 Å². The fourth-order valence-electron chi connectivity index (χ4n) is 2.84. The third-order valence-corrected chi connectivity index (χ3v) is 4.08. The van der Waals surface area contributed by atoms with Gasteiger partial charge in [0.05, 0.1) is 23.1 Å². The number of nitrogens with zero attached hydrogens (tertiary/aromatic N) is 2. The lowest BCUT2D eigenvalue weighted by Gasteiger charge is -2.10. The molecule has 1 amide bonds. The number of hydrogen-bond donors (Lipinski definition) is 1. The molecule has 3 rings (SSSR count). The van der Waals surface area contributed by atoms with E-state index in [-0.39, 0.29) is 5.91 Å². The number of aryl methyl sites for hydroxylation is 2. The largest absolute Gasteiger partial charge is 0.322 e. The van der Waals surface area contributed by atoms with Crippen molar-refractivity contribution in [2.24, 2.45) is 0 Å². The number of hydrogen-bond acceptors (Lipinski definition) is 2. The summed E-state index contributed by atoms with van der Waals surface area (Å²) in [6.45, 7) is 6.07. The van der Waals surface area contributed by atoms with Crippen molar-refractivity contribution >= 4 is 11.6 Å². The maximum atomic E-state index is 12.7. The summed E-state index contributed by atoms with van der Waals surface area (Å²) < 4.78 is 1.83. The third-order valence-electron chi connectivity index (χ3n) is 4.08. The zero-order chi connectivity index (χ0) is 17.1. The number of carbonyl (C=O) groups is 1. The highest BCUT2D eigenvalue weighted by atomic mass is 16.1. The van der Waals surface area contributed by atoms with Gasteiger partial charge in [-0.25, -0.2) is 4.68 Å². The molecule has 0 radical (unpaired) electrons. The summed E-state index contributed by atoms with van der Waals surface area (Å²) in [7, 11) is 0. The standard InChI is InChI=1S/C20H21N3O/c1-4-19-17(13-21-23(19)16-8-6-5-7-9-16)20(24)22-18-11-10-14(2)12-15(18)3/h5-13H,4H2,1-3H3,(H,22,24). The van der Waals surface area contributed by atoms with Crippen LogP contribution in [-0.2, 0) is 6.42 Å². The maximum Gasteiger partial charge on any atom is 0.259 e. The molecule has 0 saturated carbocycles. The Bertz CT molecular complexity index is 866. The Hall–Kier alpha value is -2.88. The van der Waals surface area contributed by atoms with Gasteiger partial charge in [0.25, 0.3) is 5.91 Å². The normalized spacial score (nSPS) is 10.6. The summed E-state index contributed by atoms with van der Waals surface area (Å²) in [6, 6.07) is 15.9. The molecule has 0 fully saturated rings. The third kappa shape index (κ3) is 3.08. The first-order chi connectivity index (χ1) is 11.6. The highest BCUT2D eigenvalue weighted by Gasteiger charge is 2.17. The van der Waals surface area contributed by atoms with Crippen LogP contribution in [0.1, 0.15) is 34.1 Å². The number of benzene rings is 2. The van der Waals surface area contributed by atoms with Crippen molar-refractivity contribution in [1.29, 1.82) is 0 Å². The first-order valence-corrected chi connectivity index (χ1v) is 8.11. The number of rotatable bonds is 4. The summed E-state index contributed by atoms with van der Waals surface area (Å²) in [6.07, 6.45) is 2.37. The Morgan fingerprint density at radius 1 is 1.12 bits per heavy atom. The fourth-order valence-corrected chi connectivity index (χ4v) is 2.84. The van der Waals surface area contributed by atoms with E-state index in [9.17, 15) is 4.79 Å². The highest BCUT2D eigenvalue weighted by Crippen LogP contribution is 2.20. The van der Waals surface area contributed by atoms with Gasteiger partial charge in [-0.05, 0) is 44.0 Å². The molecule has 1 N–H and O–H groups in total. The van der Waals surface area contributed by atoms with Crippen molar-refractivity contribution in [1.82, 2.24) is 9.78 Å². The minimum Gasteiger partial charge on any atom is -0.322 e. The van der Waals surface area contributed by atoms with Crippen molar-refractivity contribution < 1.29 is 4.79 Å². The van der Waals surface area contributed by atoms with Gasteiger partial charge in [-0.2, -0.15) is 5.10 Å². The lowest BCUT2D eigenvalue weighted by atomic mass is 10.1. The lowest BCUT2D eigenvalue weighted by molar-refractivity contribution is 0.102. The number of nitrogens with one attached hydrogen (secondary N) is 1. The molecular weight excluding hydrogens is 298 g/mol. The molecule has 0 bridgehead atoms.